The molecule has 4 rings (SSSR count). The van der Waals surface area contributed by atoms with Crippen molar-refractivity contribution in [3.8, 4) is 10.7 Å². The number of unbranched alkanes of at least 4 members (excludes halogenated alkanes) is 3. The number of hydrogen-bond donors (Lipinski definition) is 2. The van der Waals surface area contributed by atoms with Crippen LogP contribution in [0.15, 0.2) is 59.0 Å². The van der Waals surface area contributed by atoms with Gasteiger partial charge in [-0.3, -0.25) is 4.79 Å². The first kappa shape index (κ1) is 19.6. The Kier molecular flexibility index (Phi) is 6.25. The zero-order chi connectivity index (χ0) is 20.1. The van der Waals surface area contributed by atoms with Crippen molar-refractivity contribution in [2.24, 2.45) is 0 Å². The van der Waals surface area contributed by atoms with Crippen molar-refractivity contribution in [2.75, 3.05) is 5.32 Å². The van der Waals surface area contributed by atoms with Crippen LogP contribution in [0, 0.1) is 0 Å². The summed E-state index contributed by atoms with van der Waals surface area (Å²) in [6.07, 6.45) is 12.3. The number of nitrogens with zero attached hydrogens (tertiary/aromatic N) is 1. The number of H-pyrrole nitrogens is 1. The SMILES string of the molecule is CCCCCCC1=CC=C(C(=O)Nc2ccc3nc(-c4cccs4)[nH]c3c2)CC1. The maximum absolute atomic E-state index is 12.7. The van der Waals surface area contributed by atoms with Crippen molar-refractivity contribution in [2.45, 2.75) is 51.9 Å². The number of rotatable bonds is 8. The van der Waals surface area contributed by atoms with Crippen LogP contribution in [0.25, 0.3) is 21.7 Å². The summed E-state index contributed by atoms with van der Waals surface area (Å²) in [4.78, 5) is 21.8. The number of anilines is 1. The van der Waals surface area contributed by atoms with Gasteiger partial charge in [-0.2, -0.15) is 0 Å². The van der Waals surface area contributed by atoms with E-state index in [0.717, 1.165) is 52.3 Å². The monoisotopic (exact) mass is 405 g/mol. The first-order valence-electron chi connectivity index (χ1n) is 10.5. The van der Waals surface area contributed by atoms with Crippen molar-refractivity contribution in [3.63, 3.8) is 0 Å². The van der Waals surface area contributed by atoms with E-state index in [1.54, 1.807) is 11.3 Å². The third-order valence-electron chi connectivity index (χ3n) is 5.37. The van der Waals surface area contributed by atoms with Crippen molar-refractivity contribution < 1.29 is 4.79 Å². The Morgan fingerprint density at radius 1 is 1.17 bits per heavy atom. The van der Waals surface area contributed by atoms with Crippen molar-refractivity contribution in [1.82, 2.24) is 9.97 Å². The maximum atomic E-state index is 12.7. The van der Waals surface area contributed by atoms with Gasteiger partial charge in [-0.25, -0.2) is 4.98 Å². The van der Waals surface area contributed by atoms with Gasteiger partial charge in [0.05, 0.1) is 15.9 Å². The molecule has 2 aromatic heterocycles. The number of carbonyl (C=O) groups is 1. The molecule has 0 aliphatic heterocycles. The van der Waals surface area contributed by atoms with E-state index in [9.17, 15) is 4.79 Å². The summed E-state index contributed by atoms with van der Waals surface area (Å²) in [5.74, 6) is 0.855. The lowest BCUT2D eigenvalue weighted by Crippen LogP contribution is -2.15. The molecule has 0 fully saturated rings. The lowest BCUT2D eigenvalue weighted by Gasteiger charge is -2.15. The smallest absolute Gasteiger partial charge is 0.251 e. The summed E-state index contributed by atoms with van der Waals surface area (Å²) in [6, 6.07) is 9.88. The van der Waals surface area contributed by atoms with Crippen LogP contribution in [0.1, 0.15) is 51.9 Å². The highest BCUT2D eigenvalue weighted by atomic mass is 32.1. The highest BCUT2D eigenvalue weighted by Gasteiger charge is 2.14. The number of nitrogens with one attached hydrogen (secondary N) is 2. The fourth-order valence-electron chi connectivity index (χ4n) is 3.69. The zero-order valence-corrected chi connectivity index (χ0v) is 17.6. The minimum absolute atomic E-state index is 0.0105. The van der Waals surface area contributed by atoms with E-state index in [-0.39, 0.29) is 5.91 Å². The Hall–Kier alpha value is -2.66. The average molecular weight is 406 g/mol. The molecule has 3 aromatic rings. The number of benzene rings is 1. The Balaban J connectivity index is 1.40. The molecule has 4 nitrogen and oxygen atoms in total. The second-order valence-corrected chi connectivity index (χ2v) is 8.52. The first-order chi connectivity index (χ1) is 14.2. The molecule has 1 aliphatic rings. The van der Waals surface area contributed by atoms with Gasteiger partial charge in [0, 0.05) is 11.3 Å². The fourth-order valence-corrected chi connectivity index (χ4v) is 4.35. The number of aromatic amines is 1. The van der Waals surface area contributed by atoms with Gasteiger partial charge in [0.1, 0.15) is 5.82 Å². The van der Waals surface area contributed by atoms with Gasteiger partial charge < -0.3 is 10.3 Å². The normalized spacial score (nSPS) is 14.0. The highest BCUT2D eigenvalue weighted by Crippen LogP contribution is 2.27. The molecule has 0 bridgehead atoms. The highest BCUT2D eigenvalue weighted by molar-refractivity contribution is 7.13. The number of imidazole rings is 1. The van der Waals surface area contributed by atoms with Crippen LogP contribution in [0.5, 0.6) is 0 Å². The number of hydrogen-bond acceptors (Lipinski definition) is 3. The minimum Gasteiger partial charge on any atom is -0.337 e. The van der Waals surface area contributed by atoms with Crippen molar-refractivity contribution in [3.05, 3.63) is 59.0 Å². The second kappa shape index (κ2) is 9.23. The predicted octanol–water partition coefficient (Wildman–Crippen LogP) is 6.85. The number of carbonyl (C=O) groups excluding carboxylic acids is 1. The molecular formula is C24H27N3OS. The standard InChI is InChI=1S/C24H27N3OS/c1-2-3-4-5-7-17-9-11-18(12-10-17)24(28)25-19-13-14-20-21(16-19)27-23(26-20)22-8-6-15-29-22/h6,8-9,11,13-16H,2-5,7,10,12H2,1H3,(H,25,28)(H,26,27). The van der Waals surface area contributed by atoms with Crippen LogP contribution in [-0.2, 0) is 4.79 Å². The predicted molar refractivity (Wildman–Crippen MR) is 122 cm³/mol. The number of fused-ring (bicyclic) bond motifs is 1. The molecule has 2 N–H and O–H groups in total. The molecule has 150 valence electrons. The molecule has 1 aromatic carbocycles. The third-order valence-corrected chi connectivity index (χ3v) is 6.25. The van der Waals surface area contributed by atoms with Crippen LogP contribution < -0.4 is 5.32 Å². The lowest BCUT2D eigenvalue weighted by atomic mass is 9.94. The van der Waals surface area contributed by atoms with E-state index in [4.69, 9.17) is 0 Å². The van der Waals surface area contributed by atoms with Gasteiger partial charge >= 0.3 is 0 Å². The largest absolute Gasteiger partial charge is 0.337 e. The van der Waals surface area contributed by atoms with Gasteiger partial charge in [0.15, 0.2) is 0 Å². The molecule has 1 amide bonds. The molecule has 2 heterocycles. The van der Waals surface area contributed by atoms with E-state index in [1.807, 2.05) is 41.8 Å². The molecule has 0 atom stereocenters. The van der Waals surface area contributed by atoms with Crippen LogP contribution >= 0.6 is 11.3 Å². The third kappa shape index (κ3) is 4.85. The lowest BCUT2D eigenvalue weighted by molar-refractivity contribution is -0.113. The molecule has 1 aliphatic carbocycles. The summed E-state index contributed by atoms with van der Waals surface area (Å²) in [5, 5.41) is 5.08. The fraction of sp³-hybridized carbons (Fsp3) is 0.333. The molecule has 5 heteroatoms. The summed E-state index contributed by atoms with van der Waals surface area (Å²) in [6.45, 7) is 2.24. The summed E-state index contributed by atoms with van der Waals surface area (Å²) in [7, 11) is 0. The Labute approximate surface area is 175 Å². The summed E-state index contributed by atoms with van der Waals surface area (Å²) >= 11 is 1.66. The van der Waals surface area contributed by atoms with Gasteiger partial charge in [-0.15, -0.1) is 11.3 Å². The van der Waals surface area contributed by atoms with E-state index in [0.29, 0.717) is 0 Å². The number of aromatic nitrogens is 2. The van der Waals surface area contributed by atoms with Gasteiger partial charge in [-0.05, 0) is 55.3 Å². The first-order valence-corrected chi connectivity index (χ1v) is 11.3. The Morgan fingerprint density at radius 2 is 2.10 bits per heavy atom. The van der Waals surface area contributed by atoms with Crippen molar-refractivity contribution in [1.29, 1.82) is 0 Å². The number of allylic oxidation sites excluding steroid dienone is 3. The van der Waals surface area contributed by atoms with E-state index in [1.165, 1.54) is 31.3 Å². The number of thiophene rings is 1. The maximum Gasteiger partial charge on any atom is 0.251 e. The summed E-state index contributed by atoms with van der Waals surface area (Å²) in [5.41, 5.74) is 4.94. The zero-order valence-electron chi connectivity index (χ0n) is 16.8. The molecule has 29 heavy (non-hydrogen) atoms. The average Bonchev–Trinajstić information content (AvgIpc) is 3.41. The van der Waals surface area contributed by atoms with Crippen molar-refractivity contribution >= 4 is 34.0 Å². The Morgan fingerprint density at radius 3 is 2.86 bits per heavy atom. The van der Waals surface area contributed by atoms with Crippen LogP contribution in [0.2, 0.25) is 0 Å². The topological polar surface area (TPSA) is 57.8 Å². The van der Waals surface area contributed by atoms with Crippen LogP contribution in [0.3, 0.4) is 0 Å². The molecular weight excluding hydrogens is 378 g/mol. The summed E-state index contributed by atoms with van der Waals surface area (Å²) < 4.78 is 0. The molecule has 0 radical (unpaired) electrons. The van der Waals surface area contributed by atoms with E-state index in [2.05, 4.69) is 28.3 Å². The van der Waals surface area contributed by atoms with Gasteiger partial charge in [0.25, 0.3) is 5.91 Å². The minimum atomic E-state index is -0.0105. The Bertz CT molecular complexity index is 1040. The quantitative estimate of drug-likeness (QED) is 0.403. The molecule has 0 spiro atoms. The van der Waals surface area contributed by atoms with E-state index < -0.39 is 0 Å². The van der Waals surface area contributed by atoms with E-state index >= 15 is 0 Å². The van der Waals surface area contributed by atoms with Crippen LogP contribution in [0.4, 0.5) is 5.69 Å². The van der Waals surface area contributed by atoms with Crippen LogP contribution in [-0.4, -0.2) is 15.9 Å². The second-order valence-electron chi connectivity index (χ2n) is 7.58. The van der Waals surface area contributed by atoms with Gasteiger partial charge in [0.2, 0.25) is 0 Å². The number of amides is 1. The molecule has 0 saturated heterocycles. The molecule has 0 unspecified atom stereocenters. The molecule has 0 saturated carbocycles. The van der Waals surface area contributed by atoms with Gasteiger partial charge in [-0.1, -0.05) is 50.0 Å².